The average molecular weight is 473 g/mol. The molecule has 8 nitrogen and oxygen atoms in total. The van der Waals surface area contributed by atoms with E-state index in [0.717, 1.165) is 10.6 Å². The minimum absolute atomic E-state index is 0.0341. The molecule has 1 heterocycles. The maximum atomic E-state index is 13.0. The summed E-state index contributed by atoms with van der Waals surface area (Å²) in [4.78, 5) is 50.6. The first-order chi connectivity index (χ1) is 15.2. The Bertz CT molecular complexity index is 1300. The second kappa shape index (κ2) is 9.67. The van der Waals surface area contributed by atoms with E-state index in [1.165, 1.54) is 24.9 Å². The van der Waals surface area contributed by atoms with E-state index >= 15 is 0 Å². The van der Waals surface area contributed by atoms with Gasteiger partial charge in [-0.15, -0.1) is 0 Å². The maximum Gasteiger partial charge on any atom is 0.330 e. The van der Waals surface area contributed by atoms with Gasteiger partial charge in [0, 0.05) is 20.3 Å². The molecule has 0 unspecified atom stereocenters. The number of rotatable bonds is 5. The lowest BCUT2D eigenvalue weighted by molar-refractivity contribution is -0.118. The number of nitrogens with one attached hydrogen (secondary N) is 2. The lowest BCUT2D eigenvalue weighted by Gasteiger charge is -2.12. The summed E-state index contributed by atoms with van der Waals surface area (Å²) < 4.78 is 2.05. The van der Waals surface area contributed by atoms with Crippen molar-refractivity contribution < 1.29 is 9.59 Å². The maximum absolute atomic E-state index is 13.0. The summed E-state index contributed by atoms with van der Waals surface area (Å²) in [7, 11) is 2.75. The number of carbonyl (C=O) groups excluding carboxylic acids is 2. The highest BCUT2D eigenvalue weighted by Gasteiger charge is 2.21. The minimum Gasteiger partial charge on any atom is -0.320 e. The predicted molar refractivity (Wildman–Crippen MR) is 125 cm³/mol. The number of hydrogen-bond acceptors (Lipinski definition) is 4. The van der Waals surface area contributed by atoms with Crippen LogP contribution in [0.1, 0.15) is 5.56 Å². The summed E-state index contributed by atoms with van der Waals surface area (Å²) in [6.45, 7) is 0. The molecule has 0 fully saturated rings. The van der Waals surface area contributed by atoms with Gasteiger partial charge in [0.2, 0.25) is 0 Å². The highest BCUT2D eigenvalue weighted by atomic mass is 35.5. The second-order valence-electron chi connectivity index (χ2n) is 6.77. The van der Waals surface area contributed by atoms with E-state index in [-0.39, 0.29) is 32.6 Å². The second-order valence-corrected chi connectivity index (χ2v) is 7.58. The molecule has 0 aliphatic rings. The fourth-order valence-corrected chi connectivity index (χ4v) is 3.20. The molecule has 0 radical (unpaired) electrons. The SMILES string of the molecule is Cn1cc(C=C(C(=O)Nc2ccccc2Cl)C(=O)Nc2ccccc2Cl)c(=O)n(C)c1=O. The van der Waals surface area contributed by atoms with Crippen molar-refractivity contribution in [2.45, 2.75) is 0 Å². The molecule has 2 amide bonds. The van der Waals surface area contributed by atoms with E-state index in [9.17, 15) is 19.2 Å². The van der Waals surface area contributed by atoms with Gasteiger partial charge in [0.05, 0.1) is 27.0 Å². The van der Waals surface area contributed by atoms with Crippen molar-refractivity contribution in [3.63, 3.8) is 0 Å². The lowest BCUT2D eigenvalue weighted by Crippen LogP contribution is -2.38. The van der Waals surface area contributed by atoms with Gasteiger partial charge in [-0.25, -0.2) is 4.79 Å². The van der Waals surface area contributed by atoms with Gasteiger partial charge in [-0.05, 0) is 30.3 Å². The molecule has 3 rings (SSSR count). The van der Waals surface area contributed by atoms with E-state index in [1.54, 1.807) is 48.5 Å². The molecule has 3 aromatic rings. The Hall–Kier alpha value is -3.62. The standard InChI is InChI=1S/C22H18Cl2N4O4/c1-27-12-13(21(31)28(2)22(27)32)11-14(19(29)25-17-9-5-3-7-15(17)23)20(30)26-18-10-6-4-8-16(18)24/h3-12H,1-2H3,(H,25,29)(H,26,30). The number of halogens is 2. The average Bonchev–Trinajstić information content (AvgIpc) is 2.76. The number of benzene rings is 2. The third-order valence-corrected chi connectivity index (χ3v) is 5.17. The van der Waals surface area contributed by atoms with Crippen molar-refractivity contribution in [2.24, 2.45) is 14.1 Å². The topological polar surface area (TPSA) is 102 Å². The van der Waals surface area contributed by atoms with E-state index in [0.29, 0.717) is 0 Å². The summed E-state index contributed by atoms with van der Waals surface area (Å²) in [6.07, 6.45) is 2.36. The van der Waals surface area contributed by atoms with Crippen molar-refractivity contribution in [3.8, 4) is 0 Å². The van der Waals surface area contributed by atoms with Crippen LogP contribution in [0.4, 0.5) is 11.4 Å². The fourth-order valence-electron chi connectivity index (χ4n) is 2.83. The normalized spacial score (nSPS) is 10.4. The molecule has 164 valence electrons. The Labute approximate surface area is 192 Å². The van der Waals surface area contributed by atoms with Crippen LogP contribution < -0.4 is 21.9 Å². The van der Waals surface area contributed by atoms with Crippen LogP contribution in [0.2, 0.25) is 10.0 Å². The zero-order valence-corrected chi connectivity index (χ0v) is 18.6. The largest absolute Gasteiger partial charge is 0.330 e. The highest BCUT2D eigenvalue weighted by Crippen LogP contribution is 2.23. The molecule has 2 aromatic carbocycles. The predicted octanol–water partition coefficient (Wildman–Crippen LogP) is 3.05. The van der Waals surface area contributed by atoms with Crippen LogP contribution in [-0.2, 0) is 23.7 Å². The Kier molecular flexibility index (Phi) is 6.97. The summed E-state index contributed by atoms with van der Waals surface area (Å²) in [6, 6.07) is 13.0. The molecule has 0 spiro atoms. The van der Waals surface area contributed by atoms with Crippen molar-refractivity contribution in [2.75, 3.05) is 10.6 Å². The first-order valence-corrected chi connectivity index (χ1v) is 10.0. The monoisotopic (exact) mass is 472 g/mol. The molecule has 1 aromatic heterocycles. The molecule has 32 heavy (non-hydrogen) atoms. The van der Waals surface area contributed by atoms with Crippen LogP contribution in [0, 0.1) is 0 Å². The van der Waals surface area contributed by atoms with E-state index in [4.69, 9.17) is 23.2 Å². The zero-order chi connectivity index (χ0) is 23.4. The molecule has 0 bridgehead atoms. The van der Waals surface area contributed by atoms with Gasteiger partial charge < -0.3 is 15.2 Å². The first-order valence-electron chi connectivity index (χ1n) is 9.29. The molecule has 2 N–H and O–H groups in total. The Morgan fingerprint density at radius 3 is 1.78 bits per heavy atom. The quantitative estimate of drug-likeness (QED) is 0.338. The third-order valence-electron chi connectivity index (χ3n) is 4.51. The van der Waals surface area contributed by atoms with Crippen molar-refractivity contribution in [1.29, 1.82) is 0 Å². The van der Waals surface area contributed by atoms with E-state index < -0.39 is 23.1 Å². The minimum atomic E-state index is -0.807. The Morgan fingerprint density at radius 2 is 1.31 bits per heavy atom. The molecule has 0 saturated heterocycles. The summed E-state index contributed by atoms with van der Waals surface area (Å²) in [5, 5.41) is 5.66. The summed E-state index contributed by atoms with van der Waals surface area (Å²) in [5.74, 6) is -1.61. The third kappa shape index (κ3) is 4.99. The molecule has 10 heteroatoms. The number of aromatic nitrogens is 2. The van der Waals surface area contributed by atoms with Gasteiger partial charge in [-0.1, -0.05) is 47.5 Å². The number of hydrogen-bond donors (Lipinski definition) is 2. The van der Waals surface area contributed by atoms with Gasteiger partial charge in [0.15, 0.2) is 0 Å². The Morgan fingerprint density at radius 1 is 0.844 bits per heavy atom. The number of nitrogens with zero attached hydrogens (tertiary/aromatic N) is 2. The first kappa shape index (κ1) is 23.1. The van der Waals surface area contributed by atoms with Crippen LogP contribution in [-0.4, -0.2) is 20.9 Å². The number of carbonyl (C=O) groups is 2. The van der Waals surface area contributed by atoms with Crippen LogP contribution >= 0.6 is 23.2 Å². The van der Waals surface area contributed by atoms with E-state index in [2.05, 4.69) is 10.6 Å². The Balaban J connectivity index is 2.08. The number of aryl methyl sites for hydroxylation is 1. The molecular weight excluding hydrogens is 455 g/mol. The lowest BCUT2D eigenvalue weighted by atomic mass is 10.1. The summed E-state index contributed by atoms with van der Waals surface area (Å²) in [5.41, 5.74) is -1.07. The number of anilines is 2. The van der Waals surface area contributed by atoms with Gasteiger partial charge in [-0.2, -0.15) is 0 Å². The van der Waals surface area contributed by atoms with Crippen molar-refractivity contribution >= 4 is 52.5 Å². The van der Waals surface area contributed by atoms with Gasteiger partial charge >= 0.3 is 5.69 Å². The van der Waals surface area contributed by atoms with Crippen LogP contribution in [0.5, 0.6) is 0 Å². The molecule has 0 aliphatic heterocycles. The molecular formula is C22H18Cl2N4O4. The number of para-hydroxylation sites is 2. The number of amides is 2. The van der Waals surface area contributed by atoms with Crippen molar-refractivity contribution in [1.82, 2.24) is 9.13 Å². The highest BCUT2D eigenvalue weighted by molar-refractivity contribution is 6.36. The van der Waals surface area contributed by atoms with Crippen LogP contribution in [0.15, 0.2) is 69.9 Å². The van der Waals surface area contributed by atoms with Gasteiger partial charge in [0.25, 0.3) is 17.4 Å². The molecule has 0 atom stereocenters. The van der Waals surface area contributed by atoms with Gasteiger partial charge in [-0.3, -0.25) is 19.0 Å². The smallest absolute Gasteiger partial charge is 0.320 e. The van der Waals surface area contributed by atoms with Crippen LogP contribution in [0.3, 0.4) is 0 Å². The zero-order valence-electron chi connectivity index (χ0n) is 17.1. The fraction of sp³-hybridized carbons (Fsp3) is 0.0909. The summed E-state index contributed by atoms with van der Waals surface area (Å²) >= 11 is 12.2. The van der Waals surface area contributed by atoms with Crippen molar-refractivity contribution in [3.05, 3.63) is 96.7 Å². The molecule has 0 aliphatic carbocycles. The molecule has 0 saturated carbocycles. The van der Waals surface area contributed by atoms with Gasteiger partial charge in [0.1, 0.15) is 5.57 Å². The van der Waals surface area contributed by atoms with Crippen LogP contribution in [0.25, 0.3) is 6.08 Å². The van der Waals surface area contributed by atoms with E-state index in [1.807, 2.05) is 0 Å².